The number of benzene rings is 2. The summed E-state index contributed by atoms with van der Waals surface area (Å²) in [6, 6.07) is 15.4. The summed E-state index contributed by atoms with van der Waals surface area (Å²) < 4.78 is 0. The maximum Gasteiger partial charge on any atom is 0.205 e. The lowest BCUT2D eigenvalue weighted by Gasteiger charge is -2.07. The molecular weight excluding hydrogens is 341 g/mol. The number of rotatable bonds is 3. The maximum absolute atomic E-state index is 6.15. The number of aromatic nitrogens is 2. The average molecular weight is 355 g/mol. The van der Waals surface area contributed by atoms with Gasteiger partial charge in [-0.25, -0.2) is 4.98 Å². The summed E-state index contributed by atoms with van der Waals surface area (Å²) in [4.78, 5) is 7.78. The Morgan fingerprint density at radius 2 is 1.59 bits per heavy atom. The van der Waals surface area contributed by atoms with Crippen molar-refractivity contribution < 1.29 is 0 Å². The zero-order chi connectivity index (χ0) is 14.8. The minimum absolute atomic E-state index is 0. The van der Waals surface area contributed by atoms with Crippen molar-refractivity contribution in [2.24, 2.45) is 0 Å². The molecule has 0 aliphatic rings. The molecule has 3 rings (SSSR count). The Kier molecular flexibility index (Phi) is 5.35. The molecule has 2 N–H and O–H groups in total. The first-order chi connectivity index (χ1) is 10.1. The molecule has 2 aromatic carbocycles. The van der Waals surface area contributed by atoms with Gasteiger partial charge in [0.2, 0.25) is 5.95 Å². The van der Waals surface area contributed by atoms with Crippen molar-refractivity contribution >= 4 is 47.2 Å². The van der Waals surface area contributed by atoms with Gasteiger partial charge in [-0.2, -0.15) is 0 Å². The van der Waals surface area contributed by atoms with Crippen LogP contribution < -0.4 is 5.32 Å². The molecule has 0 fully saturated rings. The fraction of sp³-hybridized carbons (Fsp3) is 0.0625. The quantitative estimate of drug-likeness (QED) is 0.618. The van der Waals surface area contributed by atoms with E-state index in [1.807, 2.05) is 37.3 Å². The highest BCUT2D eigenvalue weighted by Gasteiger charge is 2.11. The third-order valence-corrected chi connectivity index (χ3v) is 3.77. The second-order valence-electron chi connectivity index (χ2n) is 4.65. The van der Waals surface area contributed by atoms with Gasteiger partial charge in [-0.3, -0.25) is 0 Å². The molecule has 0 saturated heterocycles. The van der Waals surface area contributed by atoms with Crippen LogP contribution >= 0.6 is 35.6 Å². The Morgan fingerprint density at radius 3 is 2.23 bits per heavy atom. The molecule has 0 bridgehead atoms. The number of hydrogen-bond donors (Lipinski definition) is 2. The zero-order valence-electron chi connectivity index (χ0n) is 11.7. The molecule has 1 heterocycles. The average Bonchev–Trinajstić information content (AvgIpc) is 2.85. The van der Waals surface area contributed by atoms with E-state index in [0.29, 0.717) is 21.7 Å². The molecule has 0 radical (unpaired) electrons. The van der Waals surface area contributed by atoms with Crippen molar-refractivity contribution in [1.29, 1.82) is 0 Å². The topological polar surface area (TPSA) is 40.7 Å². The van der Waals surface area contributed by atoms with E-state index in [-0.39, 0.29) is 12.4 Å². The number of nitrogens with one attached hydrogen (secondary N) is 2. The van der Waals surface area contributed by atoms with Gasteiger partial charge in [-0.15, -0.1) is 12.4 Å². The van der Waals surface area contributed by atoms with Crippen LogP contribution in [-0.2, 0) is 0 Å². The molecule has 0 amide bonds. The Labute approximate surface area is 145 Å². The SMILES string of the molecule is Cc1[nH]c(Nc2c(Cl)cccc2Cl)nc1-c1ccccc1.Cl. The number of aromatic amines is 1. The zero-order valence-corrected chi connectivity index (χ0v) is 14.1. The maximum atomic E-state index is 6.15. The van der Waals surface area contributed by atoms with Crippen molar-refractivity contribution in [2.45, 2.75) is 6.92 Å². The largest absolute Gasteiger partial charge is 0.328 e. The molecule has 0 unspecified atom stereocenters. The van der Waals surface area contributed by atoms with Crippen molar-refractivity contribution in [2.75, 3.05) is 5.32 Å². The van der Waals surface area contributed by atoms with E-state index in [1.54, 1.807) is 18.2 Å². The van der Waals surface area contributed by atoms with Gasteiger partial charge in [0.1, 0.15) is 0 Å². The van der Waals surface area contributed by atoms with E-state index >= 15 is 0 Å². The minimum Gasteiger partial charge on any atom is -0.328 e. The van der Waals surface area contributed by atoms with Gasteiger partial charge in [0.25, 0.3) is 0 Å². The molecule has 3 nitrogen and oxygen atoms in total. The van der Waals surface area contributed by atoms with Crippen molar-refractivity contribution in [3.05, 3.63) is 64.3 Å². The van der Waals surface area contributed by atoms with Crippen LogP contribution in [0.3, 0.4) is 0 Å². The summed E-state index contributed by atoms with van der Waals surface area (Å²) in [5, 5.41) is 4.25. The van der Waals surface area contributed by atoms with Gasteiger partial charge in [0.05, 0.1) is 21.4 Å². The molecule has 0 spiro atoms. The number of imidazole rings is 1. The highest BCUT2D eigenvalue weighted by atomic mass is 35.5. The smallest absolute Gasteiger partial charge is 0.205 e. The second-order valence-corrected chi connectivity index (χ2v) is 5.46. The highest BCUT2D eigenvalue weighted by Crippen LogP contribution is 2.32. The van der Waals surface area contributed by atoms with Gasteiger partial charge in [0.15, 0.2) is 0 Å². The van der Waals surface area contributed by atoms with Crippen LogP contribution in [0, 0.1) is 6.92 Å². The summed E-state index contributed by atoms with van der Waals surface area (Å²) in [5.41, 5.74) is 3.59. The van der Waals surface area contributed by atoms with Gasteiger partial charge in [0, 0.05) is 11.3 Å². The summed E-state index contributed by atoms with van der Waals surface area (Å²) in [6.07, 6.45) is 0. The van der Waals surface area contributed by atoms with Gasteiger partial charge < -0.3 is 10.3 Å². The number of hydrogen-bond acceptors (Lipinski definition) is 2. The molecule has 1 aromatic heterocycles. The number of nitrogens with zero attached hydrogens (tertiary/aromatic N) is 1. The van der Waals surface area contributed by atoms with E-state index in [9.17, 15) is 0 Å². The number of H-pyrrole nitrogens is 1. The summed E-state index contributed by atoms with van der Waals surface area (Å²) in [6.45, 7) is 1.98. The Balaban J connectivity index is 0.00000176. The van der Waals surface area contributed by atoms with Crippen LogP contribution in [0.15, 0.2) is 48.5 Å². The first-order valence-corrected chi connectivity index (χ1v) is 7.24. The molecule has 0 atom stereocenters. The Hall–Kier alpha value is -1.68. The van der Waals surface area contributed by atoms with Gasteiger partial charge in [-0.1, -0.05) is 59.6 Å². The lowest BCUT2D eigenvalue weighted by Crippen LogP contribution is -1.94. The molecule has 0 aliphatic heterocycles. The predicted octanol–water partition coefficient (Wildman–Crippen LogP) is 5.86. The molecule has 3 aromatic rings. The highest BCUT2D eigenvalue weighted by molar-refractivity contribution is 6.39. The number of halogens is 3. The molecule has 114 valence electrons. The third-order valence-electron chi connectivity index (χ3n) is 3.14. The van der Waals surface area contributed by atoms with Crippen molar-refractivity contribution in [1.82, 2.24) is 9.97 Å². The predicted molar refractivity (Wildman–Crippen MR) is 95.8 cm³/mol. The van der Waals surface area contributed by atoms with Crippen molar-refractivity contribution in [3.63, 3.8) is 0 Å². The molecule has 0 saturated carbocycles. The van der Waals surface area contributed by atoms with E-state index in [0.717, 1.165) is 17.0 Å². The third kappa shape index (κ3) is 3.38. The molecule has 0 aliphatic carbocycles. The number of aryl methyl sites for hydroxylation is 1. The second kappa shape index (κ2) is 7.05. The standard InChI is InChI=1S/C16H13Cl2N3.ClH/c1-10-14(11-6-3-2-4-7-11)20-16(19-10)21-15-12(17)8-5-9-13(15)18;/h2-9H,1H3,(H2,19,20,21);1H. The fourth-order valence-corrected chi connectivity index (χ4v) is 2.62. The fourth-order valence-electron chi connectivity index (χ4n) is 2.13. The summed E-state index contributed by atoms with van der Waals surface area (Å²) in [5.74, 6) is 0.612. The van der Waals surface area contributed by atoms with E-state index in [4.69, 9.17) is 23.2 Å². The van der Waals surface area contributed by atoms with Crippen LogP contribution in [0.25, 0.3) is 11.3 Å². The minimum atomic E-state index is 0. The van der Waals surface area contributed by atoms with Gasteiger partial charge >= 0.3 is 0 Å². The monoisotopic (exact) mass is 353 g/mol. The molecule has 22 heavy (non-hydrogen) atoms. The summed E-state index contributed by atoms with van der Waals surface area (Å²) >= 11 is 12.3. The van der Waals surface area contributed by atoms with E-state index < -0.39 is 0 Å². The number of anilines is 2. The van der Waals surface area contributed by atoms with Crippen LogP contribution in [0.4, 0.5) is 11.6 Å². The van der Waals surface area contributed by atoms with E-state index in [1.165, 1.54) is 0 Å². The lowest BCUT2D eigenvalue weighted by atomic mass is 10.1. The Bertz CT molecular complexity index is 749. The lowest BCUT2D eigenvalue weighted by molar-refractivity contribution is 1.24. The summed E-state index contributed by atoms with van der Waals surface area (Å²) in [7, 11) is 0. The first-order valence-electron chi connectivity index (χ1n) is 6.48. The molecule has 6 heteroatoms. The Morgan fingerprint density at radius 1 is 0.955 bits per heavy atom. The van der Waals surface area contributed by atoms with E-state index in [2.05, 4.69) is 15.3 Å². The van der Waals surface area contributed by atoms with Crippen LogP contribution in [-0.4, -0.2) is 9.97 Å². The van der Waals surface area contributed by atoms with Crippen LogP contribution in [0.5, 0.6) is 0 Å². The molecular formula is C16H14Cl3N3. The van der Waals surface area contributed by atoms with Crippen LogP contribution in [0.1, 0.15) is 5.69 Å². The first kappa shape index (κ1) is 16.7. The normalized spacial score (nSPS) is 10.1. The number of para-hydroxylation sites is 1. The van der Waals surface area contributed by atoms with Crippen molar-refractivity contribution in [3.8, 4) is 11.3 Å². The van der Waals surface area contributed by atoms with Gasteiger partial charge in [-0.05, 0) is 19.1 Å². The van der Waals surface area contributed by atoms with Crippen LogP contribution in [0.2, 0.25) is 10.0 Å².